The molecule has 0 fully saturated rings. The van der Waals surface area contributed by atoms with Crippen LogP contribution in [-0.2, 0) is 0 Å². The van der Waals surface area contributed by atoms with Gasteiger partial charge in [0.15, 0.2) is 0 Å². The van der Waals surface area contributed by atoms with E-state index in [1.54, 1.807) is 11.1 Å². The van der Waals surface area contributed by atoms with Crippen molar-refractivity contribution in [1.82, 2.24) is 0 Å². The van der Waals surface area contributed by atoms with Crippen LogP contribution < -0.4 is 0 Å². The second-order valence-corrected chi connectivity index (χ2v) is 6.44. The Balaban J connectivity index is 2.27. The van der Waals surface area contributed by atoms with Crippen molar-refractivity contribution in [3.8, 4) is 0 Å². The van der Waals surface area contributed by atoms with Crippen LogP contribution in [0, 0.1) is 11.8 Å². The summed E-state index contributed by atoms with van der Waals surface area (Å²) >= 11 is 0. The fourth-order valence-corrected chi connectivity index (χ4v) is 3.51. The van der Waals surface area contributed by atoms with E-state index in [0.717, 1.165) is 0 Å². The van der Waals surface area contributed by atoms with Crippen LogP contribution in [0.4, 0.5) is 0 Å². The molecule has 0 aromatic carbocycles. The maximum Gasteiger partial charge on any atom is 0.00401 e. The van der Waals surface area contributed by atoms with Crippen molar-refractivity contribution < 1.29 is 0 Å². The highest BCUT2D eigenvalue weighted by atomic mass is 14.3. The van der Waals surface area contributed by atoms with Crippen molar-refractivity contribution >= 4 is 0 Å². The molecule has 0 spiro atoms. The first kappa shape index (κ1) is 16.1. The Hall–Kier alpha value is -1.30. The van der Waals surface area contributed by atoms with Gasteiger partial charge >= 0.3 is 0 Å². The minimum Gasteiger partial charge on any atom is -0.0995 e. The number of allylic oxidation sites excluding steroid dienone is 9. The third-order valence-corrected chi connectivity index (χ3v) is 4.70. The zero-order valence-corrected chi connectivity index (χ0v) is 13.8. The topological polar surface area (TPSA) is 0 Å². The van der Waals surface area contributed by atoms with E-state index in [9.17, 15) is 0 Å². The van der Waals surface area contributed by atoms with Gasteiger partial charge in [0.1, 0.15) is 0 Å². The Morgan fingerprint density at radius 2 is 2.19 bits per heavy atom. The van der Waals surface area contributed by atoms with E-state index in [0.29, 0.717) is 11.8 Å². The highest BCUT2D eigenvalue weighted by Crippen LogP contribution is 2.40. The molecule has 21 heavy (non-hydrogen) atoms. The molecular weight excluding hydrogens is 252 g/mol. The lowest BCUT2D eigenvalue weighted by Crippen LogP contribution is -2.20. The van der Waals surface area contributed by atoms with Gasteiger partial charge in [0, 0.05) is 5.92 Å². The van der Waals surface area contributed by atoms with Crippen molar-refractivity contribution in [3.05, 3.63) is 59.8 Å². The summed E-state index contributed by atoms with van der Waals surface area (Å²) < 4.78 is 0. The van der Waals surface area contributed by atoms with Crippen LogP contribution in [0.1, 0.15) is 58.8 Å². The maximum absolute atomic E-state index is 4.24. The summed E-state index contributed by atoms with van der Waals surface area (Å²) in [5.74, 6) is 1.17. The summed E-state index contributed by atoms with van der Waals surface area (Å²) in [6.45, 7) is 8.70. The number of unbranched alkanes of at least 4 members (excludes halogenated alkanes) is 2. The van der Waals surface area contributed by atoms with Gasteiger partial charge in [0.2, 0.25) is 0 Å². The Morgan fingerprint density at radius 3 is 2.86 bits per heavy atom. The quantitative estimate of drug-likeness (QED) is 0.383. The Kier molecular flexibility index (Phi) is 6.29. The average molecular weight is 282 g/mol. The van der Waals surface area contributed by atoms with Gasteiger partial charge in [-0.1, -0.05) is 68.4 Å². The molecule has 2 atom stereocenters. The molecule has 114 valence electrons. The van der Waals surface area contributed by atoms with Gasteiger partial charge in [0.25, 0.3) is 0 Å². The van der Waals surface area contributed by atoms with Crippen molar-refractivity contribution in [3.63, 3.8) is 0 Å². The number of rotatable bonds is 6. The van der Waals surface area contributed by atoms with Gasteiger partial charge in [0.05, 0.1) is 0 Å². The van der Waals surface area contributed by atoms with E-state index < -0.39 is 0 Å². The maximum atomic E-state index is 4.24. The third-order valence-electron chi connectivity index (χ3n) is 4.70. The molecule has 2 rings (SSSR count). The monoisotopic (exact) mass is 282 g/mol. The molecule has 2 unspecified atom stereocenters. The van der Waals surface area contributed by atoms with E-state index in [2.05, 4.69) is 56.9 Å². The molecule has 2 aliphatic rings. The van der Waals surface area contributed by atoms with E-state index >= 15 is 0 Å². The predicted octanol–water partition coefficient (Wildman–Crippen LogP) is 6.54. The molecule has 2 aliphatic carbocycles. The lowest BCUT2D eigenvalue weighted by Gasteiger charge is -2.32. The van der Waals surface area contributed by atoms with Gasteiger partial charge in [-0.15, -0.1) is 0 Å². The summed E-state index contributed by atoms with van der Waals surface area (Å²) in [7, 11) is 0. The molecule has 0 bridgehead atoms. The fraction of sp³-hybridized carbons (Fsp3) is 0.524. The molecule has 0 aliphatic heterocycles. The molecule has 0 radical (unpaired) electrons. The first-order valence-corrected chi connectivity index (χ1v) is 8.62. The smallest absolute Gasteiger partial charge is 0.00401 e. The van der Waals surface area contributed by atoms with Gasteiger partial charge in [-0.3, -0.25) is 0 Å². The molecule has 0 amide bonds. The third kappa shape index (κ3) is 4.33. The highest BCUT2D eigenvalue weighted by molar-refractivity contribution is 5.40. The Labute approximate surface area is 131 Å². The van der Waals surface area contributed by atoms with Crippen LogP contribution >= 0.6 is 0 Å². The zero-order valence-electron chi connectivity index (χ0n) is 13.8. The highest BCUT2D eigenvalue weighted by Gasteiger charge is 2.27. The molecule has 0 saturated carbocycles. The molecule has 0 aromatic heterocycles. The van der Waals surface area contributed by atoms with Crippen LogP contribution in [0.25, 0.3) is 0 Å². The minimum absolute atomic E-state index is 0.526. The predicted molar refractivity (Wildman–Crippen MR) is 94.2 cm³/mol. The Morgan fingerprint density at radius 1 is 1.33 bits per heavy atom. The van der Waals surface area contributed by atoms with Crippen LogP contribution in [-0.4, -0.2) is 0 Å². The Bertz CT molecular complexity index is 470. The van der Waals surface area contributed by atoms with E-state index in [4.69, 9.17) is 0 Å². The van der Waals surface area contributed by atoms with E-state index in [1.165, 1.54) is 50.5 Å². The lowest BCUT2D eigenvalue weighted by molar-refractivity contribution is 0.454. The van der Waals surface area contributed by atoms with Crippen LogP contribution in [0.5, 0.6) is 0 Å². The lowest BCUT2D eigenvalue weighted by atomic mass is 9.72. The van der Waals surface area contributed by atoms with Crippen molar-refractivity contribution in [1.29, 1.82) is 0 Å². The van der Waals surface area contributed by atoms with E-state index in [-0.39, 0.29) is 0 Å². The van der Waals surface area contributed by atoms with E-state index in [1.807, 2.05) is 0 Å². The molecule has 0 nitrogen and oxygen atoms in total. The second kappa shape index (κ2) is 8.22. The minimum atomic E-state index is 0.526. The van der Waals surface area contributed by atoms with Gasteiger partial charge in [-0.05, 0) is 56.1 Å². The molecule has 0 N–H and O–H groups in total. The first-order valence-electron chi connectivity index (χ1n) is 8.62. The molecule has 0 aromatic rings. The van der Waals surface area contributed by atoms with Gasteiger partial charge in [-0.25, -0.2) is 0 Å². The number of hydrogen-bond donors (Lipinski definition) is 0. The van der Waals surface area contributed by atoms with Crippen LogP contribution in [0.3, 0.4) is 0 Å². The van der Waals surface area contributed by atoms with Crippen molar-refractivity contribution in [2.45, 2.75) is 58.8 Å². The summed E-state index contributed by atoms with van der Waals surface area (Å²) in [6.07, 6.45) is 22.8. The summed E-state index contributed by atoms with van der Waals surface area (Å²) in [5.41, 5.74) is 4.49. The molecule has 0 saturated heterocycles. The van der Waals surface area contributed by atoms with Gasteiger partial charge < -0.3 is 0 Å². The average Bonchev–Trinajstić information content (AvgIpc) is 2.52. The van der Waals surface area contributed by atoms with Crippen LogP contribution in [0.2, 0.25) is 0 Å². The van der Waals surface area contributed by atoms with Gasteiger partial charge in [-0.2, -0.15) is 0 Å². The molecule has 0 heterocycles. The van der Waals surface area contributed by atoms with Crippen LogP contribution in [0.15, 0.2) is 59.8 Å². The largest absolute Gasteiger partial charge is 0.0995 e. The second-order valence-electron chi connectivity index (χ2n) is 6.44. The standard InChI is InChI=1S/C21H30/c1-4-5-7-15-20(18-12-8-6-9-13-18)21-16-11-10-14-19(21)17(2)3/h6,8,10,12,14-15,19,21H,2,4-5,7,9,11,13,16H2,1,3H3/b20-15-. The fourth-order valence-electron chi connectivity index (χ4n) is 3.51. The summed E-state index contributed by atoms with van der Waals surface area (Å²) in [4.78, 5) is 0. The SMILES string of the molecule is C=C(C)C1C=CCCC1/C(=C\CCCC)C1=CC=CCC1. The normalized spacial score (nSPS) is 25.8. The van der Waals surface area contributed by atoms with Crippen molar-refractivity contribution in [2.75, 3.05) is 0 Å². The first-order chi connectivity index (χ1) is 10.2. The zero-order chi connectivity index (χ0) is 15.1. The van der Waals surface area contributed by atoms with Crippen molar-refractivity contribution in [2.24, 2.45) is 11.8 Å². The molecular formula is C21H30. The summed E-state index contributed by atoms with van der Waals surface area (Å²) in [6, 6.07) is 0. The summed E-state index contributed by atoms with van der Waals surface area (Å²) in [5, 5.41) is 0. The molecule has 0 heteroatoms. The number of hydrogen-bond acceptors (Lipinski definition) is 0.